The first-order valence-corrected chi connectivity index (χ1v) is 9.69. The van der Waals surface area contributed by atoms with Gasteiger partial charge < -0.3 is 9.80 Å². The maximum absolute atomic E-state index is 12.8. The second-order valence-electron chi connectivity index (χ2n) is 7.57. The first kappa shape index (κ1) is 21.5. The maximum Gasteiger partial charge on any atom is 0.225 e. The summed E-state index contributed by atoms with van der Waals surface area (Å²) in [5.41, 5.74) is 2.59. The van der Waals surface area contributed by atoms with E-state index in [4.69, 9.17) is 0 Å². The summed E-state index contributed by atoms with van der Waals surface area (Å²) < 4.78 is 0. The number of carbonyl (C=O) groups is 1. The van der Waals surface area contributed by atoms with Crippen LogP contribution in [0.5, 0.6) is 0 Å². The average molecular weight is 387 g/mol. The van der Waals surface area contributed by atoms with E-state index in [0.29, 0.717) is 18.4 Å². The van der Waals surface area contributed by atoms with Gasteiger partial charge in [-0.1, -0.05) is 67.6 Å². The normalized spacial score (nSPS) is 16.4. The van der Waals surface area contributed by atoms with Crippen LogP contribution in [0.15, 0.2) is 60.7 Å². The van der Waals surface area contributed by atoms with Crippen LogP contribution in [0, 0.1) is 5.92 Å². The Balaban J connectivity index is 0.00000261. The van der Waals surface area contributed by atoms with Crippen molar-refractivity contribution in [1.29, 1.82) is 0 Å². The molecule has 1 aliphatic heterocycles. The van der Waals surface area contributed by atoms with Gasteiger partial charge >= 0.3 is 0 Å². The number of likely N-dealkylation sites (tertiary alicyclic amines) is 1. The van der Waals surface area contributed by atoms with Crippen molar-refractivity contribution in [2.45, 2.75) is 32.2 Å². The third kappa shape index (κ3) is 6.08. The van der Waals surface area contributed by atoms with E-state index in [1.165, 1.54) is 11.1 Å². The summed E-state index contributed by atoms with van der Waals surface area (Å²) in [4.78, 5) is 17.2. The Kier molecular flexibility index (Phi) is 8.33. The van der Waals surface area contributed by atoms with Crippen LogP contribution in [-0.2, 0) is 11.3 Å². The lowest BCUT2D eigenvalue weighted by atomic mass is 9.93. The number of carbonyl (C=O) groups excluding carboxylic acids is 1. The summed E-state index contributed by atoms with van der Waals surface area (Å²) in [5.74, 6) is 1.00. The SMILES string of the molecule is CC(CN1CCC(C(=O)N(C)Cc2ccccc2)CC1)c1ccccc1.Cl. The zero-order valence-electron chi connectivity index (χ0n) is 16.4. The van der Waals surface area contributed by atoms with E-state index >= 15 is 0 Å². The Morgan fingerprint density at radius 2 is 1.59 bits per heavy atom. The zero-order chi connectivity index (χ0) is 18.4. The van der Waals surface area contributed by atoms with E-state index in [-0.39, 0.29) is 18.3 Å². The van der Waals surface area contributed by atoms with E-state index in [1.807, 2.05) is 30.1 Å². The third-order valence-electron chi connectivity index (χ3n) is 5.48. The fraction of sp³-hybridized carbons (Fsp3) is 0.435. The Hall–Kier alpha value is -1.84. The molecule has 0 radical (unpaired) electrons. The molecule has 1 unspecified atom stereocenters. The van der Waals surface area contributed by atoms with E-state index in [1.54, 1.807) is 0 Å². The second kappa shape index (κ2) is 10.5. The molecule has 1 aliphatic rings. The van der Waals surface area contributed by atoms with Crippen molar-refractivity contribution in [2.75, 3.05) is 26.7 Å². The standard InChI is InChI=1S/C23H30N2O.ClH/c1-19(21-11-7-4-8-12-21)17-25-15-13-22(14-16-25)23(26)24(2)18-20-9-5-3-6-10-20;/h3-12,19,22H,13-18H2,1-2H3;1H. The number of amides is 1. The van der Waals surface area contributed by atoms with Crippen LogP contribution >= 0.6 is 12.4 Å². The van der Waals surface area contributed by atoms with Crippen LogP contribution in [0.2, 0.25) is 0 Å². The minimum atomic E-state index is 0. The number of hydrogen-bond donors (Lipinski definition) is 0. The van der Waals surface area contributed by atoms with Gasteiger partial charge in [0, 0.05) is 26.1 Å². The zero-order valence-corrected chi connectivity index (χ0v) is 17.2. The molecule has 0 aliphatic carbocycles. The molecule has 1 heterocycles. The monoisotopic (exact) mass is 386 g/mol. The minimum absolute atomic E-state index is 0. The van der Waals surface area contributed by atoms with Crippen LogP contribution < -0.4 is 0 Å². The summed E-state index contributed by atoms with van der Waals surface area (Å²) in [7, 11) is 1.93. The van der Waals surface area contributed by atoms with Crippen molar-refractivity contribution in [3.8, 4) is 0 Å². The highest BCUT2D eigenvalue weighted by molar-refractivity contribution is 5.85. The molecule has 3 rings (SSSR count). The molecule has 0 spiro atoms. The van der Waals surface area contributed by atoms with Crippen molar-refractivity contribution < 1.29 is 4.79 Å². The van der Waals surface area contributed by atoms with E-state index in [9.17, 15) is 4.79 Å². The molecule has 3 nitrogen and oxygen atoms in total. The Labute approximate surface area is 169 Å². The quantitative estimate of drug-likeness (QED) is 0.725. The van der Waals surface area contributed by atoms with Gasteiger partial charge in [-0.3, -0.25) is 4.79 Å². The summed E-state index contributed by atoms with van der Waals surface area (Å²) >= 11 is 0. The smallest absolute Gasteiger partial charge is 0.225 e. The van der Waals surface area contributed by atoms with Crippen molar-refractivity contribution >= 4 is 18.3 Å². The van der Waals surface area contributed by atoms with Gasteiger partial charge in [-0.15, -0.1) is 12.4 Å². The molecule has 27 heavy (non-hydrogen) atoms. The van der Waals surface area contributed by atoms with Gasteiger partial charge in [0.05, 0.1) is 0 Å². The molecule has 0 saturated carbocycles. The Morgan fingerprint density at radius 3 is 2.19 bits per heavy atom. The van der Waals surface area contributed by atoms with Gasteiger partial charge in [0.1, 0.15) is 0 Å². The van der Waals surface area contributed by atoms with Crippen LogP contribution in [0.4, 0.5) is 0 Å². The Morgan fingerprint density at radius 1 is 1.04 bits per heavy atom. The summed E-state index contributed by atoms with van der Waals surface area (Å²) in [6.45, 7) is 6.11. The average Bonchev–Trinajstić information content (AvgIpc) is 2.69. The lowest BCUT2D eigenvalue weighted by Gasteiger charge is -2.34. The number of halogens is 1. The number of benzene rings is 2. The van der Waals surface area contributed by atoms with Gasteiger partial charge in [0.15, 0.2) is 0 Å². The molecule has 4 heteroatoms. The minimum Gasteiger partial charge on any atom is -0.341 e. The molecular formula is C23H31ClN2O. The predicted molar refractivity (Wildman–Crippen MR) is 114 cm³/mol. The topological polar surface area (TPSA) is 23.6 Å². The second-order valence-corrected chi connectivity index (χ2v) is 7.57. The summed E-state index contributed by atoms with van der Waals surface area (Å²) in [6.07, 6.45) is 1.94. The number of rotatable bonds is 6. The summed E-state index contributed by atoms with van der Waals surface area (Å²) in [6, 6.07) is 20.9. The number of hydrogen-bond acceptors (Lipinski definition) is 2. The molecule has 1 amide bonds. The third-order valence-corrected chi connectivity index (χ3v) is 5.48. The maximum atomic E-state index is 12.8. The van der Waals surface area contributed by atoms with Crippen LogP contribution in [-0.4, -0.2) is 42.4 Å². The lowest BCUT2D eigenvalue weighted by molar-refractivity contribution is -0.136. The first-order valence-electron chi connectivity index (χ1n) is 9.69. The molecule has 0 N–H and O–H groups in total. The highest BCUT2D eigenvalue weighted by atomic mass is 35.5. The number of piperidine rings is 1. The van der Waals surface area contributed by atoms with Gasteiger partial charge in [-0.2, -0.15) is 0 Å². The molecule has 2 aromatic rings. The predicted octanol–water partition coefficient (Wildman–Crippen LogP) is 4.58. The van der Waals surface area contributed by atoms with Crippen LogP contribution in [0.25, 0.3) is 0 Å². The molecule has 1 atom stereocenters. The van der Waals surface area contributed by atoms with Gasteiger partial charge in [-0.25, -0.2) is 0 Å². The van der Waals surface area contributed by atoms with Crippen molar-refractivity contribution in [3.63, 3.8) is 0 Å². The largest absolute Gasteiger partial charge is 0.341 e. The molecule has 0 bridgehead atoms. The van der Waals surface area contributed by atoms with E-state index < -0.39 is 0 Å². The van der Waals surface area contributed by atoms with Gasteiger partial charge in [0.2, 0.25) is 5.91 Å². The van der Waals surface area contributed by atoms with E-state index in [0.717, 1.165) is 32.5 Å². The van der Waals surface area contributed by atoms with Gasteiger partial charge in [0.25, 0.3) is 0 Å². The van der Waals surface area contributed by atoms with E-state index in [2.05, 4.69) is 54.3 Å². The molecule has 0 aromatic heterocycles. The highest BCUT2D eigenvalue weighted by Crippen LogP contribution is 2.23. The summed E-state index contributed by atoms with van der Waals surface area (Å²) in [5, 5.41) is 0. The molecular weight excluding hydrogens is 356 g/mol. The molecule has 1 saturated heterocycles. The van der Waals surface area contributed by atoms with Crippen LogP contribution in [0.1, 0.15) is 36.8 Å². The fourth-order valence-corrected chi connectivity index (χ4v) is 3.88. The van der Waals surface area contributed by atoms with Crippen molar-refractivity contribution in [1.82, 2.24) is 9.80 Å². The molecule has 146 valence electrons. The first-order chi connectivity index (χ1) is 12.6. The lowest BCUT2D eigenvalue weighted by Crippen LogP contribution is -2.42. The van der Waals surface area contributed by atoms with Crippen molar-refractivity contribution in [3.05, 3.63) is 71.8 Å². The molecule has 1 fully saturated rings. The van der Waals surface area contributed by atoms with Crippen molar-refractivity contribution in [2.24, 2.45) is 5.92 Å². The number of nitrogens with zero attached hydrogens (tertiary/aromatic N) is 2. The van der Waals surface area contributed by atoms with Gasteiger partial charge in [-0.05, 0) is 43.0 Å². The Bertz CT molecular complexity index is 684. The molecule has 2 aromatic carbocycles. The highest BCUT2D eigenvalue weighted by Gasteiger charge is 2.27. The fourth-order valence-electron chi connectivity index (χ4n) is 3.88. The van der Waals surface area contributed by atoms with Crippen LogP contribution in [0.3, 0.4) is 0 Å².